The standard InChI is InChI=1S/C19H23P/c1-3-9-16(10-4-1)19-14-8-7-11-17(19)15-20-18-12-5-2-6-13-18/h1,3-4,7-11,14,18,20H,2,5-6,12-13,15H2. The van der Waals surface area contributed by atoms with E-state index in [1.807, 2.05) is 0 Å². The molecule has 2 aromatic rings. The summed E-state index contributed by atoms with van der Waals surface area (Å²) in [6.07, 6.45) is 8.56. The molecule has 0 amide bonds. The number of rotatable bonds is 4. The fraction of sp³-hybridized carbons (Fsp3) is 0.368. The third kappa shape index (κ3) is 3.49. The van der Waals surface area contributed by atoms with Gasteiger partial charge in [0.15, 0.2) is 0 Å². The van der Waals surface area contributed by atoms with Crippen LogP contribution in [0.5, 0.6) is 0 Å². The quantitative estimate of drug-likeness (QED) is 0.616. The van der Waals surface area contributed by atoms with Gasteiger partial charge < -0.3 is 0 Å². The van der Waals surface area contributed by atoms with Gasteiger partial charge in [-0.15, -0.1) is 8.58 Å². The molecule has 0 aromatic heterocycles. The summed E-state index contributed by atoms with van der Waals surface area (Å²) in [6, 6.07) is 19.8. The van der Waals surface area contributed by atoms with Gasteiger partial charge in [0.2, 0.25) is 0 Å². The molecule has 1 fully saturated rings. The van der Waals surface area contributed by atoms with Crippen molar-refractivity contribution in [1.29, 1.82) is 0 Å². The van der Waals surface area contributed by atoms with E-state index in [4.69, 9.17) is 0 Å². The molecule has 1 unspecified atom stereocenters. The van der Waals surface area contributed by atoms with Crippen molar-refractivity contribution in [3.8, 4) is 11.1 Å². The van der Waals surface area contributed by atoms with Gasteiger partial charge in [-0.2, -0.15) is 0 Å². The van der Waals surface area contributed by atoms with Gasteiger partial charge in [0, 0.05) is 0 Å². The molecule has 1 aliphatic rings. The lowest BCUT2D eigenvalue weighted by molar-refractivity contribution is 0.513. The summed E-state index contributed by atoms with van der Waals surface area (Å²) in [5.74, 6) is 0. The predicted molar refractivity (Wildman–Crippen MR) is 90.8 cm³/mol. The molecule has 0 radical (unpaired) electrons. The first kappa shape index (κ1) is 13.8. The van der Waals surface area contributed by atoms with Crippen LogP contribution in [0.15, 0.2) is 54.6 Å². The van der Waals surface area contributed by atoms with E-state index in [2.05, 4.69) is 54.6 Å². The maximum absolute atomic E-state index is 2.32. The van der Waals surface area contributed by atoms with Gasteiger partial charge in [0.1, 0.15) is 0 Å². The minimum absolute atomic E-state index is 0.993. The summed E-state index contributed by atoms with van der Waals surface area (Å²) in [4.78, 5) is 0. The lowest BCUT2D eigenvalue weighted by Gasteiger charge is -2.22. The Morgan fingerprint density at radius 1 is 0.800 bits per heavy atom. The fourth-order valence-electron chi connectivity index (χ4n) is 3.13. The van der Waals surface area contributed by atoms with E-state index in [0.717, 1.165) is 14.2 Å². The van der Waals surface area contributed by atoms with Crippen molar-refractivity contribution in [2.45, 2.75) is 43.9 Å². The van der Waals surface area contributed by atoms with Crippen molar-refractivity contribution in [1.82, 2.24) is 0 Å². The summed E-state index contributed by atoms with van der Waals surface area (Å²) < 4.78 is 0. The Balaban J connectivity index is 1.73. The highest BCUT2D eigenvalue weighted by Crippen LogP contribution is 2.37. The van der Waals surface area contributed by atoms with E-state index in [1.165, 1.54) is 55.0 Å². The predicted octanol–water partition coefficient (Wildman–Crippen LogP) is 5.86. The molecule has 1 aliphatic carbocycles. The van der Waals surface area contributed by atoms with Gasteiger partial charge in [0.05, 0.1) is 0 Å². The summed E-state index contributed by atoms with van der Waals surface area (Å²) in [5, 5.41) is 0. The van der Waals surface area contributed by atoms with Crippen molar-refractivity contribution in [3.05, 3.63) is 60.2 Å². The summed E-state index contributed by atoms with van der Waals surface area (Å²) >= 11 is 0. The zero-order valence-corrected chi connectivity index (χ0v) is 13.0. The van der Waals surface area contributed by atoms with E-state index in [-0.39, 0.29) is 0 Å². The van der Waals surface area contributed by atoms with Crippen molar-refractivity contribution >= 4 is 8.58 Å². The minimum atomic E-state index is 0.993. The molecule has 1 atom stereocenters. The largest absolute Gasteiger partial charge is 0.114 e. The van der Waals surface area contributed by atoms with Crippen LogP contribution >= 0.6 is 8.58 Å². The van der Waals surface area contributed by atoms with Gasteiger partial charge in [-0.3, -0.25) is 0 Å². The van der Waals surface area contributed by atoms with Crippen LogP contribution in [-0.4, -0.2) is 5.66 Å². The molecular formula is C19H23P. The molecule has 2 aromatic carbocycles. The van der Waals surface area contributed by atoms with E-state index < -0.39 is 0 Å². The second-order valence-corrected chi connectivity index (χ2v) is 7.32. The minimum Gasteiger partial charge on any atom is -0.114 e. The van der Waals surface area contributed by atoms with Crippen LogP contribution in [0.1, 0.15) is 37.7 Å². The van der Waals surface area contributed by atoms with Gasteiger partial charge in [-0.1, -0.05) is 73.9 Å². The molecular weight excluding hydrogens is 259 g/mol. The van der Waals surface area contributed by atoms with Crippen LogP contribution in [0.4, 0.5) is 0 Å². The van der Waals surface area contributed by atoms with Gasteiger partial charge >= 0.3 is 0 Å². The second kappa shape index (κ2) is 7.04. The first-order valence-corrected chi connectivity index (χ1v) is 9.08. The maximum atomic E-state index is 2.32. The molecule has 0 N–H and O–H groups in total. The lowest BCUT2D eigenvalue weighted by atomic mass is 10.0. The van der Waals surface area contributed by atoms with E-state index >= 15 is 0 Å². The Morgan fingerprint density at radius 2 is 1.50 bits per heavy atom. The zero-order chi connectivity index (χ0) is 13.6. The molecule has 1 heteroatoms. The van der Waals surface area contributed by atoms with Crippen LogP contribution < -0.4 is 0 Å². The SMILES string of the molecule is c1ccc(-c2ccccc2CPC2CCCCC2)cc1. The van der Waals surface area contributed by atoms with Crippen molar-refractivity contribution in [2.75, 3.05) is 0 Å². The summed E-state index contributed by atoms with van der Waals surface area (Å²) in [7, 11) is 1.10. The lowest BCUT2D eigenvalue weighted by Crippen LogP contribution is -2.06. The second-order valence-electron chi connectivity index (χ2n) is 5.74. The molecule has 0 spiro atoms. The van der Waals surface area contributed by atoms with Gasteiger partial charge in [0.25, 0.3) is 0 Å². The highest BCUT2D eigenvalue weighted by molar-refractivity contribution is 7.38. The molecule has 3 rings (SSSR count). The summed E-state index contributed by atoms with van der Waals surface area (Å²) in [5.41, 5.74) is 5.31. The molecule has 1 saturated carbocycles. The average Bonchev–Trinajstić information content (AvgIpc) is 2.55. The molecule has 0 bridgehead atoms. The number of benzene rings is 2. The fourth-order valence-corrected chi connectivity index (χ4v) is 4.77. The Labute approximate surface area is 124 Å². The van der Waals surface area contributed by atoms with Crippen LogP contribution in [-0.2, 0) is 6.16 Å². The Morgan fingerprint density at radius 3 is 2.30 bits per heavy atom. The Bertz CT molecular complexity index is 526. The molecule has 20 heavy (non-hydrogen) atoms. The van der Waals surface area contributed by atoms with E-state index in [1.54, 1.807) is 0 Å². The smallest absolute Gasteiger partial charge is 0.00920 e. The van der Waals surface area contributed by atoms with E-state index in [9.17, 15) is 0 Å². The first-order valence-electron chi connectivity index (χ1n) is 7.80. The topological polar surface area (TPSA) is 0 Å². The van der Waals surface area contributed by atoms with Crippen LogP contribution in [0.2, 0.25) is 0 Å². The highest BCUT2D eigenvalue weighted by atomic mass is 31.1. The summed E-state index contributed by atoms with van der Waals surface area (Å²) in [6.45, 7) is 0. The third-order valence-electron chi connectivity index (χ3n) is 4.29. The maximum Gasteiger partial charge on any atom is -0.00920 e. The normalized spacial score (nSPS) is 16.8. The zero-order valence-electron chi connectivity index (χ0n) is 12.0. The van der Waals surface area contributed by atoms with Crippen LogP contribution in [0.3, 0.4) is 0 Å². The monoisotopic (exact) mass is 282 g/mol. The highest BCUT2D eigenvalue weighted by Gasteiger charge is 2.14. The molecule has 104 valence electrons. The molecule has 0 heterocycles. The van der Waals surface area contributed by atoms with Crippen molar-refractivity contribution in [3.63, 3.8) is 0 Å². The average molecular weight is 282 g/mol. The molecule has 0 aliphatic heterocycles. The molecule has 0 saturated heterocycles. The van der Waals surface area contributed by atoms with E-state index in [0.29, 0.717) is 0 Å². The number of hydrogen-bond acceptors (Lipinski definition) is 0. The van der Waals surface area contributed by atoms with Crippen molar-refractivity contribution in [2.24, 2.45) is 0 Å². The Kier molecular flexibility index (Phi) is 4.87. The van der Waals surface area contributed by atoms with Gasteiger partial charge in [-0.25, -0.2) is 0 Å². The van der Waals surface area contributed by atoms with Crippen LogP contribution in [0.25, 0.3) is 11.1 Å². The van der Waals surface area contributed by atoms with Gasteiger partial charge in [-0.05, 0) is 41.4 Å². The third-order valence-corrected chi connectivity index (χ3v) is 6.03. The van der Waals surface area contributed by atoms with Crippen molar-refractivity contribution < 1.29 is 0 Å². The molecule has 0 nitrogen and oxygen atoms in total. The first-order chi connectivity index (χ1) is 9.93. The van der Waals surface area contributed by atoms with Crippen LogP contribution in [0, 0.1) is 0 Å². The number of hydrogen-bond donors (Lipinski definition) is 0. The Hall–Kier alpha value is -1.13.